The van der Waals surface area contributed by atoms with Gasteiger partial charge in [-0.2, -0.15) is 0 Å². The molecule has 0 saturated carbocycles. The van der Waals surface area contributed by atoms with Gasteiger partial charge in [-0.05, 0) is 24.6 Å². The number of carbonyl (C=O) groups is 1. The average molecular weight is 311 g/mol. The van der Waals surface area contributed by atoms with Crippen LogP contribution in [0.15, 0.2) is 33.3 Å². The van der Waals surface area contributed by atoms with Crippen LogP contribution in [0.2, 0.25) is 0 Å². The van der Waals surface area contributed by atoms with E-state index in [4.69, 9.17) is 15.0 Å². The SMILES string of the molecule is CCOC(=O)c1noc(N)c1-c1ccc(Br)cc1. The zero-order chi connectivity index (χ0) is 13.1. The molecule has 1 heterocycles. The Morgan fingerprint density at radius 1 is 1.44 bits per heavy atom. The van der Waals surface area contributed by atoms with Gasteiger partial charge >= 0.3 is 5.97 Å². The van der Waals surface area contributed by atoms with Crippen molar-refractivity contribution in [1.29, 1.82) is 0 Å². The minimum absolute atomic E-state index is 0.0941. The van der Waals surface area contributed by atoms with E-state index in [1.807, 2.05) is 24.3 Å². The number of halogens is 1. The van der Waals surface area contributed by atoms with E-state index in [9.17, 15) is 4.79 Å². The van der Waals surface area contributed by atoms with E-state index in [2.05, 4.69) is 21.1 Å². The average Bonchev–Trinajstić information content (AvgIpc) is 2.73. The molecule has 94 valence electrons. The van der Waals surface area contributed by atoms with Crippen molar-refractivity contribution in [2.75, 3.05) is 12.3 Å². The predicted molar refractivity (Wildman–Crippen MR) is 70.0 cm³/mol. The van der Waals surface area contributed by atoms with E-state index in [1.54, 1.807) is 6.92 Å². The zero-order valence-electron chi connectivity index (χ0n) is 9.64. The Morgan fingerprint density at radius 2 is 2.11 bits per heavy atom. The van der Waals surface area contributed by atoms with E-state index >= 15 is 0 Å². The Morgan fingerprint density at radius 3 is 2.72 bits per heavy atom. The van der Waals surface area contributed by atoms with Crippen LogP contribution >= 0.6 is 15.9 Å². The van der Waals surface area contributed by atoms with Crippen molar-refractivity contribution in [2.24, 2.45) is 0 Å². The number of nitrogens with two attached hydrogens (primary N) is 1. The number of rotatable bonds is 3. The molecule has 2 aromatic rings. The summed E-state index contributed by atoms with van der Waals surface area (Å²) in [6, 6.07) is 7.32. The molecule has 0 fully saturated rings. The van der Waals surface area contributed by atoms with Gasteiger partial charge in [0.15, 0.2) is 0 Å². The Bertz CT molecular complexity index is 563. The van der Waals surface area contributed by atoms with Crippen LogP contribution in [0.5, 0.6) is 0 Å². The van der Waals surface area contributed by atoms with Gasteiger partial charge in [-0.3, -0.25) is 0 Å². The van der Waals surface area contributed by atoms with Crippen LogP contribution in [0.25, 0.3) is 11.1 Å². The van der Waals surface area contributed by atoms with Gasteiger partial charge in [-0.1, -0.05) is 33.2 Å². The van der Waals surface area contributed by atoms with E-state index in [1.165, 1.54) is 0 Å². The Kier molecular flexibility index (Phi) is 3.66. The van der Waals surface area contributed by atoms with Gasteiger partial charge in [0.05, 0.1) is 12.2 Å². The quantitative estimate of drug-likeness (QED) is 0.882. The number of hydrogen-bond donors (Lipinski definition) is 1. The second kappa shape index (κ2) is 5.22. The third-order valence-corrected chi connectivity index (χ3v) is 2.85. The van der Waals surface area contributed by atoms with Gasteiger partial charge < -0.3 is 15.0 Å². The first-order valence-corrected chi connectivity index (χ1v) is 6.11. The molecule has 0 radical (unpaired) electrons. The van der Waals surface area contributed by atoms with Crippen LogP contribution in [0.3, 0.4) is 0 Å². The highest BCUT2D eigenvalue weighted by atomic mass is 79.9. The van der Waals surface area contributed by atoms with Crippen LogP contribution < -0.4 is 5.73 Å². The summed E-state index contributed by atoms with van der Waals surface area (Å²) in [6.07, 6.45) is 0. The summed E-state index contributed by atoms with van der Waals surface area (Å²) in [6.45, 7) is 1.99. The zero-order valence-corrected chi connectivity index (χ0v) is 11.2. The smallest absolute Gasteiger partial charge is 0.361 e. The Hall–Kier alpha value is -1.82. The number of anilines is 1. The van der Waals surface area contributed by atoms with Gasteiger partial charge in [0.25, 0.3) is 0 Å². The first-order valence-electron chi connectivity index (χ1n) is 5.31. The second-order valence-corrected chi connectivity index (χ2v) is 4.41. The number of hydrogen-bond acceptors (Lipinski definition) is 5. The van der Waals surface area contributed by atoms with Crippen LogP contribution in [-0.4, -0.2) is 17.7 Å². The molecule has 5 nitrogen and oxygen atoms in total. The number of esters is 1. The molecule has 18 heavy (non-hydrogen) atoms. The van der Waals surface area contributed by atoms with Crippen LogP contribution in [-0.2, 0) is 4.74 Å². The van der Waals surface area contributed by atoms with Crippen molar-refractivity contribution in [3.8, 4) is 11.1 Å². The molecule has 0 atom stereocenters. The fourth-order valence-corrected chi connectivity index (χ4v) is 1.80. The number of ether oxygens (including phenoxy) is 1. The summed E-state index contributed by atoms with van der Waals surface area (Å²) >= 11 is 3.34. The lowest BCUT2D eigenvalue weighted by molar-refractivity contribution is 0.0515. The van der Waals surface area contributed by atoms with Crippen molar-refractivity contribution in [2.45, 2.75) is 6.92 Å². The largest absolute Gasteiger partial charge is 0.461 e. The van der Waals surface area contributed by atoms with Crippen molar-refractivity contribution >= 4 is 27.8 Å². The number of nitrogen functional groups attached to an aromatic ring is 1. The predicted octanol–water partition coefficient (Wildman–Crippen LogP) is 2.86. The number of benzene rings is 1. The summed E-state index contributed by atoms with van der Waals surface area (Å²) < 4.78 is 10.7. The Balaban J connectivity index is 2.46. The maximum Gasteiger partial charge on any atom is 0.361 e. The lowest BCUT2D eigenvalue weighted by atomic mass is 10.1. The van der Waals surface area contributed by atoms with Crippen molar-refractivity contribution in [3.05, 3.63) is 34.4 Å². The van der Waals surface area contributed by atoms with E-state index in [-0.39, 0.29) is 18.2 Å². The molecule has 0 amide bonds. The van der Waals surface area contributed by atoms with Gasteiger partial charge in [0.2, 0.25) is 11.6 Å². The minimum atomic E-state index is -0.545. The highest BCUT2D eigenvalue weighted by Crippen LogP contribution is 2.30. The third-order valence-electron chi connectivity index (χ3n) is 2.32. The summed E-state index contributed by atoms with van der Waals surface area (Å²) in [5.74, 6) is -0.448. The highest BCUT2D eigenvalue weighted by molar-refractivity contribution is 9.10. The van der Waals surface area contributed by atoms with Crippen LogP contribution in [0.4, 0.5) is 5.88 Å². The topological polar surface area (TPSA) is 78.3 Å². The van der Waals surface area contributed by atoms with Crippen LogP contribution in [0, 0.1) is 0 Å². The van der Waals surface area contributed by atoms with Gasteiger partial charge in [0.1, 0.15) is 0 Å². The first kappa shape index (κ1) is 12.6. The number of carbonyl (C=O) groups excluding carboxylic acids is 1. The minimum Gasteiger partial charge on any atom is -0.461 e. The normalized spacial score (nSPS) is 10.3. The summed E-state index contributed by atoms with van der Waals surface area (Å²) in [7, 11) is 0. The second-order valence-electron chi connectivity index (χ2n) is 3.50. The summed E-state index contributed by atoms with van der Waals surface area (Å²) in [4.78, 5) is 11.7. The molecule has 0 bridgehead atoms. The molecule has 6 heteroatoms. The van der Waals surface area contributed by atoms with E-state index in [0.717, 1.165) is 10.0 Å². The molecule has 2 rings (SSSR count). The van der Waals surface area contributed by atoms with Gasteiger partial charge in [0, 0.05) is 4.47 Å². The Labute approximate surface area is 112 Å². The maximum atomic E-state index is 11.7. The third kappa shape index (κ3) is 2.38. The molecule has 1 aromatic carbocycles. The standard InChI is InChI=1S/C12H11BrN2O3/c1-2-17-12(16)10-9(11(14)18-15-10)7-3-5-8(13)6-4-7/h3-6H,2,14H2,1H3. The molecule has 0 spiro atoms. The molecule has 0 unspecified atom stereocenters. The lowest BCUT2D eigenvalue weighted by Crippen LogP contribution is -2.06. The summed E-state index contributed by atoms with van der Waals surface area (Å²) in [5.41, 5.74) is 7.00. The fraction of sp³-hybridized carbons (Fsp3) is 0.167. The maximum absolute atomic E-state index is 11.7. The molecule has 0 aliphatic carbocycles. The molecule has 0 aliphatic heterocycles. The monoisotopic (exact) mass is 310 g/mol. The first-order chi connectivity index (χ1) is 8.63. The van der Waals surface area contributed by atoms with Crippen molar-refractivity contribution < 1.29 is 14.1 Å². The van der Waals surface area contributed by atoms with Crippen molar-refractivity contribution in [1.82, 2.24) is 5.16 Å². The summed E-state index contributed by atoms with van der Waals surface area (Å²) in [5, 5.41) is 3.65. The van der Waals surface area contributed by atoms with E-state index < -0.39 is 5.97 Å². The van der Waals surface area contributed by atoms with Gasteiger partial charge in [-0.15, -0.1) is 0 Å². The molecule has 1 aromatic heterocycles. The molecule has 0 aliphatic rings. The molecular formula is C12H11BrN2O3. The lowest BCUT2D eigenvalue weighted by Gasteiger charge is -2.02. The molecule has 2 N–H and O–H groups in total. The number of aromatic nitrogens is 1. The van der Waals surface area contributed by atoms with E-state index in [0.29, 0.717) is 5.56 Å². The van der Waals surface area contributed by atoms with Crippen LogP contribution in [0.1, 0.15) is 17.4 Å². The van der Waals surface area contributed by atoms with Gasteiger partial charge in [-0.25, -0.2) is 4.79 Å². The fourth-order valence-electron chi connectivity index (χ4n) is 1.54. The highest BCUT2D eigenvalue weighted by Gasteiger charge is 2.22. The number of nitrogens with zero attached hydrogens (tertiary/aromatic N) is 1. The molecule has 0 saturated heterocycles. The van der Waals surface area contributed by atoms with Crippen molar-refractivity contribution in [3.63, 3.8) is 0 Å². The molecular weight excluding hydrogens is 300 g/mol.